The molecule has 1 amide bonds. The Kier molecular flexibility index (Phi) is 49.0. The highest BCUT2D eigenvalue weighted by molar-refractivity contribution is 7.47. The number of allylic oxidation sites excluding steroid dienone is 17. The van der Waals surface area contributed by atoms with E-state index in [0.29, 0.717) is 17.4 Å². The van der Waals surface area contributed by atoms with Crippen LogP contribution in [0, 0.1) is 0 Å². The molecule has 0 heterocycles. The highest BCUT2D eigenvalue weighted by atomic mass is 31.2. The fourth-order valence-corrected chi connectivity index (χ4v) is 8.28. The molecule has 0 saturated carbocycles. The number of nitrogens with zero attached hydrogens (tertiary/aromatic N) is 1. The molecule has 402 valence electrons. The summed E-state index contributed by atoms with van der Waals surface area (Å²) in [5, 5.41) is 13.9. The lowest BCUT2D eigenvalue weighted by Crippen LogP contribution is -2.45. The van der Waals surface area contributed by atoms with Crippen molar-refractivity contribution in [1.82, 2.24) is 5.32 Å². The Morgan fingerprint density at radius 1 is 0.500 bits per heavy atom. The van der Waals surface area contributed by atoms with Crippen LogP contribution in [-0.2, 0) is 18.4 Å². The summed E-state index contributed by atoms with van der Waals surface area (Å²) in [5.41, 5.74) is 0. The summed E-state index contributed by atoms with van der Waals surface area (Å²) >= 11 is 0. The van der Waals surface area contributed by atoms with Crippen molar-refractivity contribution < 1.29 is 32.9 Å². The number of amides is 1. The lowest BCUT2D eigenvalue weighted by Gasteiger charge is -2.25. The van der Waals surface area contributed by atoms with E-state index in [-0.39, 0.29) is 19.1 Å². The van der Waals surface area contributed by atoms with Crippen LogP contribution in [-0.4, -0.2) is 73.4 Å². The Bertz CT molecular complexity index is 1500. The summed E-state index contributed by atoms with van der Waals surface area (Å²) in [6.07, 6.45) is 74.7. The molecular weight excluding hydrogens is 888 g/mol. The molecule has 0 saturated heterocycles. The maximum absolute atomic E-state index is 13.0. The summed E-state index contributed by atoms with van der Waals surface area (Å²) < 4.78 is 23.7. The topological polar surface area (TPSA) is 105 Å². The molecule has 0 rings (SSSR count). The molecule has 0 aromatic carbocycles. The number of unbranched alkanes of at least 4 members (excludes halogenated alkanes) is 21. The van der Waals surface area contributed by atoms with Gasteiger partial charge in [-0.15, -0.1) is 0 Å². The van der Waals surface area contributed by atoms with Crippen LogP contribution in [0.2, 0.25) is 0 Å². The molecule has 0 spiro atoms. The highest BCUT2D eigenvalue weighted by Crippen LogP contribution is 2.43. The van der Waals surface area contributed by atoms with Gasteiger partial charge in [0.2, 0.25) is 5.91 Å². The van der Waals surface area contributed by atoms with E-state index in [2.05, 4.69) is 116 Å². The van der Waals surface area contributed by atoms with E-state index < -0.39 is 20.0 Å². The third-order valence-electron chi connectivity index (χ3n) is 12.0. The van der Waals surface area contributed by atoms with Crippen LogP contribution in [0.1, 0.15) is 219 Å². The number of phosphoric ester groups is 1. The lowest BCUT2D eigenvalue weighted by molar-refractivity contribution is -0.870. The number of hydrogen-bond acceptors (Lipinski definition) is 5. The second kappa shape index (κ2) is 51.1. The van der Waals surface area contributed by atoms with Crippen molar-refractivity contribution in [2.45, 2.75) is 231 Å². The SMILES string of the molecule is CC/C=C\C/C=C\C/C=C\C/C=C\C/C=C\C/C=C\CCCCCCCCCCCCCCC(=O)NC(COP(=O)(O)OCC[N+](C)(C)C)C(O)/C=C/CC/C=C/CC/C=C/CCCCCCCCC. The van der Waals surface area contributed by atoms with Crippen molar-refractivity contribution in [3.63, 3.8) is 0 Å². The van der Waals surface area contributed by atoms with Gasteiger partial charge in [0.15, 0.2) is 0 Å². The highest BCUT2D eigenvalue weighted by Gasteiger charge is 2.27. The van der Waals surface area contributed by atoms with E-state index in [1.165, 1.54) is 116 Å². The predicted molar refractivity (Wildman–Crippen MR) is 304 cm³/mol. The zero-order valence-corrected chi connectivity index (χ0v) is 46.6. The molecule has 0 aliphatic heterocycles. The molecule has 0 aromatic rings. The number of hydrogen-bond donors (Lipinski definition) is 3. The molecule has 3 atom stereocenters. The minimum absolute atomic E-state index is 0.0483. The van der Waals surface area contributed by atoms with Crippen LogP contribution in [0.25, 0.3) is 0 Å². The average Bonchev–Trinajstić information content (AvgIpc) is 3.32. The largest absolute Gasteiger partial charge is 0.472 e. The zero-order valence-electron chi connectivity index (χ0n) is 45.7. The number of carbonyl (C=O) groups is 1. The van der Waals surface area contributed by atoms with E-state index in [9.17, 15) is 19.4 Å². The van der Waals surface area contributed by atoms with Crippen molar-refractivity contribution in [3.8, 4) is 0 Å². The van der Waals surface area contributed by atoms with Gasteiger partial charge in [0.1, 0.15) is 13.2 Å². The zero-order chi connectivity index (χ0) is 51.3. The van der Waals surface area contributed by atoms with Gasteiger partial charge < -0.3 is 19.8 Å². The first-order valence-corrected chi connectivity index (χ1v) is 29.8. The van der Waals surface area contributed by atoms with Gasteiger partial charge in [-0.2, -0.15) is 0 Å². The first-order valence-electron chi connectivity index (χ1n) is 28.3. The Balaban J connectivity index is 4.24. The molecule has 8 nitrogen and oxygen atoms in total. The maximum Gasteiger partial charge on any atom is 0.472 e. The quantitative estimate of drug-likeness (QED) is 0.0243. The van der Waals surface area contributed by atoms with Gasteiger partial charge in [0.25, 0.3) is 0 Å². The maximum atomic E-state index is 13.0. The number of quaternary nitrogens is 1. The molecule has 0 aromatic heterocycles. The van der Waals surface area contributed by atoms with Crippen molar-refractivity contribution in [3.05, 3.63) is 109 Å². The second-order valence-corrected chi connectivity index (χ2v) is 21.4. The van der Waals surface area contributed by atoms with Crippen LogP contribution < -0.4 is 5.32 Å². The van der Waals surface area contributed by atoms with Gasteiger partial charge in [-0.1, -0.05) is 226 Å². The minimum atomic E-state index is -4.36. The number of rotatable bonds is 50. The summed E-state index contributed by atoms with van der Waals surface area (Å²) in [6, 6.07) is -0.878. The van der Waals surface area contributed by atoms with Crippen molar-refractivity contribution in [2.24, 2.45) is 0 Å². The van der Waals surface area contributed by atoms with Crippen LogP contribution in [0.15, 0.2) is 109 Å². The van der Waals surface area contributed by atoms with Crippen LogP contribution >= 0.6 is 7.82 Å². The third-order valence-corrected chi connectivity index (χ3v) is 12.9. The van der Waals surface area contributed by atoms with E-state index in [4.69, 9.17) is 9.05 Å². The number of phosphoric acid groups is 1. The number of nitrogens with one attached hydrogen (secondary N) is 1. The number of likely N-dealkylation sites (N-methyl/N-ethyl adjacent to an activating group) is 1. The third kappa shape index (κ3) is 53.0. The van der Waals surface area contributed by atoms with Gasteiger partial charge in [-0.3, -0.25) is 13.8 Å². The first-order chi connectivity index (χ1) is 34.0. The molecule has 0 radical (unpaired) electrons. The monoisotopic (exact) mass is 996 g/mol. The Morgan fingerprint density at radius 3 is 1.31 bits per heavy atom. The molecule has 0 aliphatic rings. The van der Waals surface area contributed by atoms with Crippen LogP contribution in [0.4, 0.5) is 0 Å². The molecule has 3 N–H and O–H groups in total. The summed E-state index contributed by atoms with van der Waals surface area (Å²) in [4.78, 5) is 23.3. The standard InChI is InChI=1S/C61H107N2O6P/c1-6-8-10-12-14-16-18-20-22-24-25-26-27-28-29-30-31-32-33-34-35-36-37-39-41-43-45-47-49-51-53-55-61(65)62-59(58-69-70(66,67)68-57-56-63(3,4)5)60(64)54-52-50-48-46-44-42-40-38-23-21-19-17-15-13-11-9-7-2/h8,10,14,16,20,22-23,25-26,28-29,31-32,38,44,46,52,54,59-60,64H,6-7,9,11-13,15,17-19,21,24,27,30,33-37,39-43,45,47-51,53,55-58H2,1-5H3,(H-,62,65,66,67)/p+1/b10-8-,16-14-,22-20-,26-25-,29-28-,32-31-,38-23+,46-44+,54-52+. The van der Waals surface area contributed by atoms with E-state index in [1.807, 2.05) is 27.2 Å². The van der Waals surface area contributed by atoms with E-state index in [0.717, 1.165) is 83.5 Å². The Hall–Kier alpha value is -2.84. The second-order valence-electron chi connectivity index (χ2n) is 19.9. The molecule has 0 aliphatic carbocycles. The summed E-state index contributed by atoms with van der Waals surface area (Å²) in [6.45, 7) is 4.65. The fraction of sp³-hybridized carbons (Fsp3) is 0.689. The average molecular weight is 997 g/mol. The minimum Gasteiger partial charge on any atom is -0.387 e. The van der Waals surface area contributed by atoms with Crippen molar-refractivity contribution in [2.75, 3.05) is 40.9 Å². The van der Waals surface area contributed by atoms with Gasteiger partial charge in [0, 0.05) is 6.42 Å². The molecule has 0 bridgehead atoms. The normalized spacial score (nSPS) is 14.8. The van der Waals surface area contributed by atoms with Crippen molar-refractivity contribution in [1.29, 1.82) is 0 Å². The lowest BCUT2D eigenvalue weighted by atomic mass is 10.0. The number of aliphatic hydroxyl groups excluding tert-OH is 1. The summed E-state index contributed by atoms with van der Waals surface area (Å²) in [7, 11) is 1.53. The summed E-state index contributed by atoms with van der Waals surface area (Å²) in [5.74, 6) is -0.198. The van der Waals surface area contributed by atoms with Crippen LogP contribution in [0.5, 0.6) is 0 Å². The fourth-order valence-electron chi connectivity index (χ4n) is 7.55. The Labute approximate surface area is 431 Å². The molecule has 0 fully saturated rings. The molecule has 3 unspecified atom stereocenters. The Morgan fingerprint density at radius 2 is 0.871 bits per heavy atom. The van der Waals surface area contributed by atoms with E-state index in [1.54, 1.807) is 6.08 Å². The van der Waals surface area contributed by atoms with Gasteiger partial charge >= 0.3 is 7.82 Å². The van der Waals surface area contributed by atoms with Gasteiger partial charge in [0.05, 0.1) is 39.9 Å². The molecule has 9 heteroatoms. The first kappa shape index (κ1) is 67.2. The van der Waals surface area contributed by atoms with Crippen molar-refractivity contribution >= 4 is 13.7 Å². The number of carbonyl (C=O) groups excluding carboxylic acids is 1. The molecular formula is C61H108N2O6P+. The van der Waals surface area contributed by atoms with E-state index >= 15 is 0 Å². The predicted octanol–water partition coefficient (Wildman–Crippen LogP) is 17.2. The smallest absolute Gasteiger partial charge is 0.387 e. The van der Waals surface area contributed by atoms with Crippen LogP contribution in [0.3, 0.4) is 0 Å². The molecule has 70 heavy (non-hydrogen) atoms. The van der Waals surface area contributed by atoms with Gasteiger partial charge in [-0.05, 0) is 96.3 Å². The number of aliphatic hydroxyl groups is 1. The van der Waals surface area contributed by atoms with Gasteiger partial charge in [-0.25, -0.2) is 4.57 Å².